The minimum atomic E-state index is -0.381. The number of hydrogen-bond acceptors (Lipinski definition) is 6. The predicted molar refractivity (Wildman–Crippen MR) is 140 cm³/mol. The number of ether oxygens (including phenoxy) is 1. The molecule has 4 amide bonds. The lowest BCUT2D eigenvalue weighted by atomic mass is 9.76. The van der Waals surface area contributed by atoms with Crippen LogP contribution in [0.4, 0.5) is 10.5 Å². The Labute approximate surface area is 219 Å². The highest BCUT2D eigenvalue weighted by Gasteiger charge is 2.45. The number of urea groups is 1. The standard InChI is InChI=1S/C28H40N4O5/c1-19-8-7-9-22(16-19)31-15-14-30(18-20(31)2)25(33)10-5-4-6-13-32-26(34)23-12-11-21(27(35)37-3)17-24(23)29-28(32)36/h7-9,16,20-21,23-24H,4-6,10-15,17-18H2,1-3H3,(H,29,36). The second kappa shape index (κ2) is 12.0. The highest BCUT2D eigenvalue weighted by atomic mass is 16.5. The fraction of sp³-hybridized carbons (Fsp3) is 0.643. The summed E-state index contributed by atoms with van der Waals surface area (Å²) in [5.74, 6) is -0.793. The Morgan fingerprint density at radius 3 is 2.65 bits per heavy atom. The van der Waals surface area contributed by atoms with Crippen molar-refractivity contribution in [1.29, 1.82) is 0 Å². The van der Waals surface area contributed by atoms with E-state index in [1.165, 1.54) is 23.3 Å². The summed E-state index contributed by atoms with van der Waals surface area (Å²) in [7, 11) is 1.36. The van der Waals surface area contributed by atoms with Gasteiger partial charge in [-0.1, -0.05) is 18.6 Å². The van der Waals surface area contributed by atoms with Crippen LogP contribution < -0.4 is 10.2 Å². The molecule has 37 heavy (non-hydrogen) atoms. The second-order valence-electron chi connectivity index (χ2n) is 10.7. The number of benzene rings is 1. The molecule has 4 rings (SSSR count). The maximum absolute atomic E-state index is 13.0. The lowest BCUT2D eigenvalue weighted by Gasteiger charge is -2.41. The fourth-order valence-corrected chi connectivity index (χ4v) is 6.01. The molecule has 202 valence electrons. The molecule has 1 saturated carbocycles. The molecule has 3 fully saturated rings. The average molecular weight is 513 g/mol. The van der Waals surface area contributed by atoms with Crippen molar-refractivity contribution >= 4 is 29.5 Å². The molecule has 1 aliphatic carbocycles. The van der Waals surface area contributed by atoms with Crippen LogP contribution >= 0.6 is 0 Å². The van der Waals surface area contributed by atoms with E-state index in [2.05, 4.69) is 48.3 Å². The summed E-state index contributed by atoms with van der Waals surface area (Å²) in [5, 5.41) is 2.93. The first-order chi connectivity index (χ1) is 17.8. The number of aryl methyl sites for hydroxylation is 1. The minimum absolute atomic E-state index is 0.145. The first-order valence-corrected chi connectivity index (χ1v) is 13.6. The van der Waals surface area contributed by atoms with Gasteiger partial charge < -0.3 is 19.9 Å². The number of carbonyl (C=O) groups excluding carboxylic acids is 4. The Morgan fingerprint density at radius 2 is 1.92 bits per heavy atom. The molecular formula is C28H40N4O5. The van der Waals surface area contributed by atoms with Gasteiger partial charge in [0.05, 0.1) is 18.9 Å². The highest BCUT2D eigenvalue weighted by Crippen LogP contribution is 2.33. The van der Waals surface area contributed by atoms with Gasteiger partial charge in [-0.25, -0.2) is 4.79 Å². The predicted octanol–water partition coefficient (Wildman–Crippen LogP) is 3.10. The summed E-state index contributed by atoms with van der Waals surface area (Å²) in [4.78, 5) is 55.8. The summed E-state index contributed by atoms with van der Waals surface area (Å²) in [6, 6.07) is 8.06. The summed E-state index contributed by atoms with van der Waals surface area (Å²) in [6.07, 6.45) is 4.29. The van der Waals surface area contributed by atoms with Crippen LogP contribution in [0.25, 0.3) is 0 Å². The normalized spacial score (nSPS) is 26.0. The molecule has 9 nitrogen and oxygen atoms in total. The van der Waals surface area contributed by atoms with E-state index < -0.39 is 0 Å². The zero-order valence-corrected chi connectivity index (χ0v) is 22.3. The van der Waals surface area contributed by atoms with Crippen LogP contribution in [-0.4, -0.2) is 79.0 Å². The van der Waals surface area contributed by atoms with Gasteiger partial charge in [-0.15, -0.1) is 0 Å². The first kappa shape index (κ1) is 26.9. The zero-order chi connectivity index (χ0) is 26.5. The minimum Gasteiger partial charge on any atom is -0.469 e. The van der Waals surface area contributed by atoms with Gasteiger partial charge in [0.25, 0.3) is 0 Å². The number of unbranched alkanes of at least 4 members (excludes halogenated alkanes) is 2. The average Bonchev–Trinajstić information content (AvgIpc) is 2.89. The van der Waals surface area contributed by atoms with E-state index in [4.69, 9.17) is 4.74 Å². The van der Waals surface area contributed by atoms with Crippen molar-refractivity contribution in [3.05, 3.63) is 29.8 Å². The smallest absolute Gasteiger partial charge is 0.324 e. The second-order valence-corrected chi connectivity index (χ2v) is 10.7. The number of fused-ring (bicyclic) bond motifs is 1. The SMILES string of the molecule is COC(=O)C1CCC2C(=O)N(CCCCCC(=O)N3CCN(c4cccc(C)c4)C(C)C3)C(=O)NC2C1. The number of methoxy groups -OCH3 is 1. The number of anilines is 1. The Hall–Kier alpha value is -3.10. The molecule has 2 saturated heterocycles. The van der Waals surface area contributed by atoms with E-state index in [0.717, 1.165) is 25.9 Å². The molecule has 1 N–H and O–H groups in total. The molecular weight excluding hydrogens is 472 g/mol. The molecule has 4 unspecified atom stereocenters. The van der Waals surface area contributed by atoms with Crippen LogP contribution in [0.1, 0.15) is 57.4 Å². The molecule has 2 heterocycles. The first-order valence-electron chi connectivity index (χ1n) is 13.6. The third-order valence-corrected chi connectivity index (χ3v) is 8.11. The maximum Gasteiger partial charge on any atom is 0.324 e. The van der Waals surface area contributed by atoms with Crippen molar-refractivity contribution in [3.63, 3.8) is 0 Å². The number of hydrogen-bond donors (Lipinski definition) is 1. The van der Waals surface area contributed by atoms with Crippen molar-refractivity contribution in [2.45, 2.75) is 70.9 Å². The molecule has 9 heteroatoms. The summed E-state index contributed by atoms with van der Waals surface area (Å²) >= 11 is 0. The number of nitrogens with zero attached hydrogens (tertiary/aromatic N) is 3. The molecule has 2 aliphatic heterocycles. The van der Waals surface area contributed by atoms with E-state index in [0.29, 0.717) is 45.2 Å². The quantitative estimate of drug-likeness (QED) is 0.425. The molecule has 0 spiro atoms. The van der Waals surface area contributed by atoms with Gasteiger partial charge in [-0.05, 0) is 63.6 Å². The van der Waals surface area contributed by atoms with Gasteiger partial charge >= 0.3 is 12.0 Å². The van der Waals surface area contributed by atoms with E-state index in [9.17, 15) is 19.2 Å². The summed E-state index contributed by atoms with van der Waals surface area (Å²) < 4.78 is 4.83. The Kier molecular flexibility index (Phi) is 8.71. The number of carbonyl (C=O) groups is 4. The number of amides is 4. The van der Waals surface area contributed by atoms with Gasteiger partial charge in [0.2, 0.25) is 11.8 Å². The van der Waals surface area contributed by atoms with Crippen LogP contribution in [0.3, 0.4) is 0 Å². The molecule has 0 radical (unpaired) electrons. The van der Waals surface area contributed by atoms with Crippen LogP contribution in [0.5, 0.6) is 0 Å². The largest absolute Gasteiger partial charge is 0.469 e. The maximum atomic E-state index is 13.0. The van der Waals surface area contributed by atoms with E-state index in [1.54, 1.807) is 0 Å². The Balaban J connectivity index is 1.17. The van der Waals surface area contributed by atoms with Crippen molar-refractivity contribution in [1.82, 2.24) is 15.1 Å². The topological polar surface area (TPSA) is 99.3 Å². The van der Waals surface area contributed by atoms with E-state index >= 15 is 0 Å². The molecule has 3 aliphatic rings. The van der Waals surface area contributed by atoms with Crippen molar-refractivity contribution in [2.75, 3.05) is 38.2 Å². The lowest BCUT2D eigenvalue weighted by molar-refractivity contribution is -0.149. The number of piperazine rings is 1. The van der Waals surface area contributed by atoms with Gasteiger partial charge in [-0.2, -0.15) is 0 Å². The van der Waals surface area contributed by atoms with E-state index in [-0.39, 0.29) is 47.7 Å². The lowest BCUT2D eigenvalue weighted by Crippen LogP contribution is -2.61. The van der Waals surface area contributed by atoms with Gasteiger partial charge in [-0.3, -0.25) is 19.3 Å². The third-order valence-electron chi connectivity index (χ3n) is 8.11. The zero-order valence-electron chi connectivity index (χ0n) is 22.3. The molecule has 0 bridgehead atoms. The monoisotopic (exact) mass is 512 g/mol. The van der Waals surface area contributed by atoms with Gasteiger partial charge in [0.1, 0.15) is 0 Å². The van der Waals surface area contributed by atoms with Crippen LogP contribution in [0.15, 0.2) is 24.3 Å². The van der Waals surface area contributed by atoms with Crippen LogP contribution in [-0.2, 0) is 19.1 Å². The van der Waals surface area contributed by atoms with Crippen molar-refractivity contribution in [2.24, 2.45) is 11.8 Å². The fourth-order valence-electron chi connectivity index (χ4n) is 6.01. The highest BCUT2D eigenvalue weighted by molar-refractivity contribution is 5.98. The molecule has 1 aromatic carbocycles. The van der Waals surface area contributed by atoms with Crippen molar-refractivity contribution < 1.29 is 23.9 Å². The number of nitrogens with one attached hydrogen (secondary N) is 1. The van der Waals surface area contributed by atoms with Crippen LogP contribution in [0, 0.1) is 18.8 Å². The Bertz CT molecular complexity index is 1010. The van der Waals surface area contributed by atoms with Crippen LogP contribution in [0.2, 0.25) is 0 Å². The summed E-state index contributed by atoms with van der Waals surface area (Å²) in [6.45, 7) is 6.87. The molecule has 1 aromatic rings. The van der Waals surface area contributed by atoms with Gasteiger partial charge in [0, 0.05) is 50.4 Å². The van der Waals surface area contributed by atoms with Gasteiger partial charge in [0.15, 0.2) is 0 Å². The van der Waals surface area contributed by atoms with Crippen molar-refractivity contribution in [3.8, 4) is 0 Å². The molecule has 4 atom stereocenters. The number of imide groups is 1. The molecule has 0 aromatic heterocycles. The number of rotatable bonds is 8. The van der Waals surface area contributed by atoms with E-state index in [1.807, 2.05) is 4.90 Å². The number of esters is 1. The summed E-state index contributed by atoms with van der Waals surface area (Å²) in [5.41, 5.74) is 2.44. The third kappa shape index (κ3) is 6.25. The Morgan fingerprint density at radius 1 is 1.11 bits per heavy atom.